The van der Waals surface area contributed by atoms with Gasteiger partial charge >= 0.3 is 12.4 Å². The van der Waals surface area contributed by atoms with E-state index in [4.69, 9.17) is 14.2 Å². The molecule has 1 aliphatic heterocycles. The Labute approximate surface area is 204 Å². The highest BCUT2D eigenvalue weighted by Gasteiger charge is 2.47. The number of benzene rings is 1. The van der Waals surface area contributed by atoms with Crippen LogP contribution in [0.5, 0.6) is 0 Å². The average Bonchev–Trinajstić information content (AvgIpc) is 3.25. The van der Waals surface area contributed by atoms with E-state index in [2.05, 4.69) is 5.10 Å². The number of alkyl halides is 6. The Morgan fingerprint density at radius 2 is 1.89 bits per heavy atom. The van der Waals surface area contributed by atoms with Gasteiger partial charge in [0.15, 0.2) is 16.1 Å². The first kappa shape index (κ1) is 28.4. The van der Waals surface area contributed by atoms with E-state index in [9.17, 15) is 34.8 Å². The van der Waals surface area contributed by atoms with Crippen molar-refractivity contribution in [1.29, 1.82) is 0 Å². The fraction of sp³-hybridized carbons (Fsp3) is 0.591. The number of halogens is 6. The standard InChI is InChI=1S/C22H26F6N2O5S/c1-4-19(35-13-33-3)30-18(22(26,27)28)11-16(29-30)17-12-20(2,8-9-34-17)36(31,32)15-7-5-6-14(10-15)21(23,24)25/h5-7,10-11,17,19H,4,8-9,12-13H2,1-3H3. The van der Waals surface area contributed by atoms with Gasteiger partial charge < -0.3 is 14.2 Å². The Hall–Kier alpha value is -2.16. The molecule has 1 fully saturated rings. The first-order valence-electron chi connectivity index (χ1n) is 10.9. The zero-order valence-electron chi connectivity index (χ0n) is 19.7. The van der Waals surface area contributed by atoms with Crippen molar-refractivity contribution in [3.05, 3.63) is 47.3 Å². The minimum absolute atomic E-state index is 0.0660. The van der Waals surface area contributed by atoms with Gasteiger partial charge in [0.25, 0.3) is 0 Å². The zero-order chi connectivity index (χ0) is 26.9. The van der Waals surface area contributed by atoms with Gasteiger partial charge in [-0.05, 0) is 50.5 Å². The molecule has 1 aliphatic rings. The summed E-state index contributed by atoms with van der Waals surface area (Å²) in [5, 5.41) is 4.04. The first-order valence-corrected chi connectivity index (χ1v) is 12.4. The van der Waals surface area contributed by atoms with Gasteiger partial charge in [-0.25, -0.2) is 13.1 Å². The number of nitrogens with zero attached hydrogens (tertiary/aromatic N) is 2. The maximum absolute atomic E-state index is 13.8. The van der Waals surface area contributed by atoms with Gasteiger partial charge in [-0.15, -0.1) is 0 Å². The van der Waals surface area contributed by atoms with E-state index in [0.717, 1.165) is 24.3 Å². The normalized spacial score (nSPS) is 22.5. The summed E-state index contributed by atoms with van der Waals surface area (Å²) in [4.78, 5) is -0.527. The lowest BCUT2D eigenvalue weighted by Crippen LogP contribution is -2.42. The maximum Gasteiger partial charge on any atom is 0.433 e. The summed E-state index contributed by atoms with van der Waals surface area (Å²) in [6, 6.07) is 4.15. The first-order chi connectivity index (χ1) is 16.6. The van der Waals surface area contributed by atoms with Gasteiger partial charge in [0.1, 0.15) is 18.6 Å². The monoisotopic (exact) mass is 544 g/mol. The molecule has 2 heterocycles. The Morgan fingerprint density at radius 1 is 1.19 bits per heavy atom. The van der Waals surface area contributed by atoms with Crippen molar-refractivity contribution in [1.82, 2.24) is 9.78 Å². The largest absolute Gasteiger partial charge is 0.433 e. The Balaban J connectivity index is 1.98. The predicted molar refractivity (Wildman–Crippen MR) is 114 cm³/mol. The molecular weight excluding hydrogens is 518 g/mol. The zero-order valence-corrected chi connectivity index (χ0v) is 20.5. The molecule has 0 saturated carbocycles. The van der Waals surface area contributed by atoms with Gasteiger partial charge in [-0.3, -0.25) is 0 Å². The van der Waals surface area contributed by atoms with Crippen LogP contribution in [-0.2, 0) is 36.4 Å². The average molecular weight is 545 g/mol. The van der Waals surface area contributed by atoms with Crippen LogP contribution >= 0.6 is 0 Å². The Kier molecular flexibility index (Phi) is 8.13. The van der Waals surface area contributed by atoms with E-state index in [-0.39, 0.29) is 38.4 Å². The SMILES string of the molecule is CCC(OCOC)n1nc(C2CC(C)(S(=O)(=O)c3cccc(C(F)(F)F)c3)CCO2)cc1C(F)(F)F. The predicted octanol–water partition coefficient (Wildman–Crippen LogP) is 5.53. The third-order valence-corrected chi connectivity index (χ3v) is 8.61. The van der Waals surface area contributed by atoms with E-state index >= 15 is 0 Å². The minimum Gasteiger partial charge on any atom is -0.372 e. The second-order valence-corrected chi connectivity index (χ2v) is 11.1. The van der Waals surface area contributed by atoms with Crippen molar-refractivity contribution in [3.63, 3.8) is 0 Å². The molecule has 14 heteroatoms. The summed E-state index contributed by atoms with van der Waals surface area (Å²) in [6.45, 7) is 2.51. The molecule has 36 heavy (non-hydrogen) atoms. The molecule has 1 aromatic heterocycles. The highest BCUT2D eigenvalue weighted by Crippen LogP contribution is 2.44. The lowest BCUT2D eigenvalue weighted by atomic mass is 9.95. The van der Waals surface area contributed by atoms with Crippen LogP contribution in [0.3, 0.4) is 0 Å². The van der Waals surface area contributed by atoms with Crippen molar-refractivity contribution in [2.45, 2.75) is 67.4 Å². The topological polar surface area (TPSA) is 79.7 Å². The molecule has 1 saturated heterocycles. The molecule has 0 N–H and O–H groups in total. The summed E-state index contributed by atoms with van der Waals surface area (Å²) >= 11 is 0. The Bertz CT molecular complexity index is 1160. The fourth-order valence-electron chi connectivity index (χ4n) is 4.04. The summed E-state index contributed by atoms with van der Waals surface area (Å²) in [7, 11) is -3.02. The quantitative estimate of drug-likeness (QED) is 0.321. The van der Waals surface area contributed by atoms with Crippen LogP contribution in [0.4, 0.5) is 26.3 Å². The van der Waals surface area contributed by atoms with Crippen LogP contribution in [0.15, 0.2) is 35.2 Å². The van der Waals surface area contributed by atoms with Gasteiger partial charge in [-0.2, -0.15) is 31.4 Å². The van der Waals surface area contributed by atoms with Crippen LogP contribution in [0.2, 0.25) is 0 Å². The third kappa shape index (κ3) is 5.71. The maximum atomic E-state index is 13.8. The van der Waals surface area contributed by atoms with Crippen molar-refractivity contribution in [3.8, 4) is 0 Å². The van der Waals surface area contributed by atoms with Crippen LogP contribution in [-0.4, -0.2) is 43.5 Å². The number of aromatic nitrogens is 2. The highest BCUT2D eigenvalue weighted by molar-refractivity contribution is 7.92. The lowest BCUT2D eigenvalue weighted by Gasteiger charge is -2.37. The molecule has 0 aliphatic carbocycles. The van der Waals surface area contributed by atoms with Crippen LogP contribution in [0.25, 0.3) is 0 Å². The van der Waals surface area contributed by atoms with Gasteiger partial charge in [0.05, 0.1) is 20.9 Å². The summed E-state index contributed by atoms with van der Waals surface area (Å²) in [5.41, 5.74) is -2.39. The molecule has 0 radical (unpaired) electrons. The van der Waals surface area contributed by atoms with E-state index < -0.39 is 55.4 Å². The molecule has 3 unspecified atom stereocenters. The summed E-state index contributed by atoms with van der Waals surface area (Å²) in [6.07, 6.45) is -12.0. The molecule has 0 spiro atoms. The molecule has 0 bridgehead atoms. The number of methoxy groups -OCH3 is 1. The fourth-order valence-corrected chi connectivity index (χ4v) is 5.87. The molecule has 1 aromatic carbocycles. The van der Waals surface area contributed by atoms with E-state index in [1.807, 2.05) is 0 Å². The molecule has 202 valence electrons. The van der Waals surface area contributed by atoms with Gasteiger partial charge in [0.2, 0.25) is 0 Å². The second kappa shape index (κ2) is 10.3. The van der Waals surface area contributed by atoms with E-state index in [0.29, 0.717) is 10.7 Å². The number of ether oxygens (including phenoxy) is 3. The smallest absolute Gasteiger partial charge is 0.372 e. The Morgan fingerprint density at radius 3 is 2.47 bits per heavy atom. The van der Waals surface area contributed by atoms with Crippen LogP contribution in [0, 0.1) is 0 Å². The van der Waals surface area contributed by atoms with Gasteiger partial charge in [0, 0.05) is 13.7 Å². The van der Waals surface area contributed by atoms with Crippen LogP contribution < -0.4 is 0 Å². The number of rotatable bonds is 8. The molecule has 0 amide bonds. The molecule has 3 rings (SSSR count). The highest BCUT2D eigenvalue weighted by atomic mass is 32.2. The van der Waals surface area contributed by atoms with Gasteiger partial charge in [-0.1, -0.05) is 13.0 Å². The van der Waals surface area contributed by atoms with Crippen molar-refractivity contribution < 1.29 is 49.0 Å². The lowest BCUT2D eigenvalue weighted by molar-refractivity contribution is -0.157. The summed E-state index contributed by atoms with van der Waals surface area (Å²) in [5.74, 6) is 0. The number of hydrogen-bond donors (Lipinski definition) is 0. The number of hydrogen-bond acceptors (Lipinski definition) is 6. The van der Waals surface area contributed by atoms with E-state index in [1.54, 1.807) is 6.92 Å². The summed E-state index contributed by atoms with van der Waals surface area (Å²) < 4.78 is 122. The minimum atomic E-state index is -4.79. The molecule has 3 atom stereocenters. The third-order valence-electron chi connectivity index (χ3n) is 6.06. The van der Waals surface area contributed by atoms with Crippen LogP contribution in [0.1, 0.15) is 62.4 Å². The van der Waals surface area contributed by atoms with Crippen molar-refractivity contribution in [2.75, 3.05) is 20.5 Å². The number of sulfone groups is 1. The molecule has 7 nitrogen and oxygen atoms in total. The molecule has 2 aromatic rings. The van der Waals surface area contributed by atoms with Crippen molar-refractivity contribution >= 4 is 9.84 Å². The second-order valence-electron chi connectivity index (χ2n) is 8.63. The van der Waals surface area contributed by atoms with Crippen molar-refractivity contribution in [2.24, 2.45) is 0 Å². The molecular formula is C22H26F6N2O5S. The van der Waals surface area contributed by atoms with E-state index in [1.165, 1.54) is 14.0 Å².